The van der Waals surface area contributed by atoms with Crippen molar-refractivity contribution in [2.45, 2.75) is 0 Å². The van der Waals surface area contributed by atoms with Crippen LogP contribution < -0.4 is 4.90 Å². The Morgan fingerprint density at radius 1 is 1.13 bits per heavy atom. The summed E-state index contributed by atoms with van der Waals surface area (Å²) in [4.78, 5) is 32.8. The van der Waals surface area contributed by atoms with Gasteiger partial charge in [-0.3, -0.25) is 9.69 Å². The number of carbonyl (C=O) groups excluding carboxylic acids is 2. The van der Waals surface area contributed by atoms with Crippen LogP contribution in [0.15, 0.2) is 48.8 Å². The summed E-state index contributed by atoms with van der Waals surface area (Å²) in [7, 11) is 2.98. The summed E-state index contributed by atoms with van der Waals surface area (Å²) >= 11 is 0. The average Bonchev–Trinajstić information content (AvgIpc) is 3.07. The minimum Gasteiger partial charge on any atom is -0.465 e. The van der Waals surface area contributed by atoms with Gasteiger partial charge in [0.15, 0.2) is 0 Å². The highest BCUT2D eigenvalue weighted by Crippen LogP contribution is 2.19. The molecular formula is C17H15N3O3. The lowest BCUT2D eigenvalue weighted by Crippen LogP contribution is -2.27. The fourth-order valence-electron chi connectivity index (χ4n) is 2.28. The first-order chi connectivity index (χ1) is 11.1. The third-order valence-corrected chi connectivity index (χ3v) is 3.62. The monoisotopic (exact) mass is 309 g/mol. The van der Waals surface area contributed by atoms with Crippen molar-refractivity contribution < 1.29 is 14.3 Å². The Bertz CT molecular complexity index is 868. The lowest BCUT2D eigenvalue weighted by molar-refractivity contribution is 0.0600. The van der Waals surface area contributed by atoms with E-state index >= 15 is 0 Å². The van der Waals surface area contributed by atoms with Crippen molar-refractivity contribution >= 4 is 28.6 Å². The van der Waals surface area contributed by atoms with Crippen LogP contribution >= 0.6 is 0 Å². The first-order valence-corrected chi connectivity index (χ1v) is 6.99. The molecule has 23 heavy (non-hydrogen) atoms. The van der Waals surface area contributed by atoms with E-state index in [1.165, 1.54) is 12.0 Å². The van der Waals surface area contributed by atoms with Crippen LogP contribution in [0.4, 0.5) is 5.82 Å². The number of carbonyl (C=O) groups is 2. The summed E-state index contributed by atoms with van der Waals surface area (Å²) in [6, 6.07) is 10.1. The molecule has 3 rings (SSSR count). The van der Waals surface area contributed by atoms with Gasteiger partial charge in [0.1, 0.15) is 5.82 Å². The molecule has 1 amide bonds. The van der Waals surface area contributed by atoms with Crippen molar-refractivity contribution in [3.8, 4) is 0 Å². The second-order valence-electron chi connectivity index (χ2n) is 5.04. The normalized spacial score (nSPS) is 10.5. The maximum Gasteiger partial charge on any atom is 0.337 e. The van der Waals surface area contributed by atoms with Gasteiger partial charge in [-0.1, -0.05) is 0 Å². The summed E-state index contributed by atoms with van der Waals surface area (Å²) in [5, 5.41) is 0.983. The molecule has 6 nitrogen and oxygen atoms in total. The first kappa shape index (κ1) is 14.8. The SMILES string of the molecule is COC(=O)c1ccc(C(=O)N(C)c2cc3[nH]ccc3cn2)cc1. The summed E-state index contributed by atoms with van der Waals surface area (Å²) in [6.45, 7) is 0. The molecule has 0 bridgehead atoms. The highest BCUT2D eigenvalue weighted by atomic mass is 16.5. The third-order valence-electron chi connectivity index (χ3n) is 3.62. The molecule has 0 aliphatic heterocycles. The smallest absolute Gasteiger partial charge is 0.337 e. The van der Waals surface area contributed by atoms with E-state index in [1.54, 1.807) is 37.5 Å². The summed E-state index contributed by atoms with van der Waals surface area (Å²) < 4.78 is 4.64. The number of aromatic amines is 1. The second-order valence-corrected chi connectivity index (χ2v) is 5.04. The van der Waals surface area contributed by atoms with E-state index in [9.17, 15) is 9.59 Å². The number of pyridine rings is 1. The van der Waals surface area contributed by atoms with Crippen LogP contribution in [0.25, 0.3) is 10.9 Å². The lowest BCUT2D eigenvalue weighted by atomic mass is 10.1. The molecule has 0 spiro atoms. The average molecular weight is 309 g/mol. The van der Waals surface area contributed by atoms with Gasteiger partial charge in [-0.05, 0) is 30.3 Å². The third kappa shape index (κ3) is 2.78. The molecule has 2 aromatic heterocycles. The van der Waals surface area contributed by atoms with Crippen molar-refractivity contribution in [1.29, 1.82) is 0 Å². The number of methoxy groups -OCH3 is 1. The van der Waals surface area contributed by atoms with E-state index < -0.39 is 5.97 Å². The number of rotatable bonds is 3. The molecule has 0 unspecified atom stereocenters. The molecule has 0 fully saturated rings. The van der Waals surface area contributed by atoms with Gasteiger partial charge in [0.05, 0.1) is 18.2 Å². The van der Waals surface area contributed by atoms with Gasteiger partial charge < -0.3 is 9.72 Å². The van der Waals surface area contributed by atoms with E-state index in [2.05, 4.69) is 14.7 Å². The Morgan fingerprint density at radius 3 is 2.52 bits per heavy atom. The van der Waals surface area contributed by atoms with Gasteiger partial charge >= 0.3 is 5.97 Å². The van der Waals surface area contributed by atoms with E-state index in [0.29, 0.717) is 16.9 Å². The van der Waals surface area contributed by atoms with Gasteiger partial charge in [0, 0.05) is 36.5 Å². The highest BCUT2D eigenvalue weighted by Gasteiger charge is 2.16. The zero-order chi connectivity index (χ0) is 16.4. The van der Waals surface area contributed by atoms with E-state index in [4.69, 9.17) is 0 Å². The predicted octanol–water partition coefficient (Wildman–Crippen LogP) is 2.63. The number of ether oxygens (including phenoxy) is 1. The van der Waals surface area contributed by atoms with Gasteiger partial charge in [0.25, 0.3) is 5.91 Å². The minimum absolute atomic E-state index is 0.208. The number of hydrogen-bond donors (Lipinski definition) is 1. The van der Waals surface area contributed by atoms with Gasteiger partial charge in [-0.2, -0.15) is 0 Å². The van der Waals surface area contributed by atoms with Gasteiger partial charge in [0.2, 0.25) is 0 Å². The Labute approximate surface area is 132 Å². The molecular weight excluding hydrogens is 294 g/mol. The van der Waals surface area contributed by atoms with Gasteiger partial charge in [-0.15, -0.1) is 0 Å². The number of aromatic nitrogens is 2. The Hall–Kier alpha value is -3.15. The fourth-order valence-corrected chi connectivity index (χ4v) is 2.28. The molecule has 0 atom stereocenters. The molecule has 1 aromatic carbocycles. The fraction of sp³-hybridized carbons (Fsp3) is 0.118. The van der Waals surface area contributed by atoms with Crippen molar-refractivity contribution in [1.82, 2.24) is 9.97 Å². The van der Waals surface area contributed by atoms with Gasteiger partial charge in [-0.25, -0.2) is 9.78 Å². The summed E-state index contributed by atoms with van der Waals surface area (Å²) in [6.07, 6.45) is 3.54. The van der Waals surface area contributed by atoms with Crippen molar-refractivity contribution in [2.75, 3.05) is 19.1 Å². The molecule has 6 heteroatoms. The number of amides is 1. The van der Waals surface area contributed by atoms with E-state index in [-0.39, 0.29) is 5.91 Å². The molecule has 1 N–H and O–H groups in total. The molecule has 116 valence electrons. The zero-order valence-corrected chi connectivity index (χ0v) is 12.7. The topological polar surface area (TPSA) is 75.3 Å². The second kappa shape index (κ2) is 5.92. The molecule has 0 saturated carbocycles. The van der Waals surface area contributed by atoms with Crippen LogP contribution in [0.3, 0.4) is 0 Å². The Balaban J connectivity index is 1.85. The predicted molar refractivity (Wildman–Crippen MR) is 86.6 cm³/mol. The van der Waals surface area contributed by atoms with Crippen molar-refractivity contribution in [3.63, 3.8) is 0 Å². The number of nitrogens with one attached hydrogen (secondary N) is 1. The van der Waals surface area contributed by atoms with Crippen LogP contribution in [0.1, 0.15) is 20.7 Å². The molecule has 0 saturated heterocycles. The van der Waals surface area contributed by atoms with Crippen LogP contribution in [-0.2, 0) is 4.74 Å². The van der Waals surface area contributed by atoms with Crippen molar-refractivity contribution in [2.24, 2.45) is 0 Å². The maximum atomic E-state index is 12.5. The summed E-state index contributed by atoms with van der Waals surface area (Å²) in [5.74, 6) is -0.0990. The number of fused-ring (bicyclic) bond motifs is 1. The van der Waals surface area contributed by atoms with Crippen LogP contribution in [-0.4, -0.2) is 36.0 Å². The van der Waals surface area contributed by atoms with E-state index in [0.717, 1.165) is 10.9 Å². The number of nitrogens with zero attached hydrogens (tertiary/aromatic N) is 2. The quantitative estimate of drug-likeness (QED) is 0.755. The van der Waals surface area contributed by atoms with Crippen LogP contribution in [0.2, 0.25) is 0 Å². The molecule has 0 aliphatic rings. The van der Waals surface area contributed by atoms with E-state index in [1.807, 2.05) is 18.3 Å². The Kier molecular flexibility index (Phi) is 3.80. The number of hydrogen-bond acceptors (Lipinski definition) is 4. The molecule has 3 aromatic rings. The molecule has 0 aliphatic carbocycles. The van der Waals surface area contributed by atoms with Crippen LogP contribution in [0, 0.1) is 0 Å². The summed E-state index contributed by atoms with van der Waals surface area (Å²) in [5.41, 5.74) is 1.78. The largest absolute Gasteiger partial charge is 0.465 e. The maximum absolute atomic E-state index is 12.5. The minimum atomic E-state index is -0.434. The van der Waals surface area contributed by atoms with Crippen LogP contribution in [0.5, 0.6) is 0 Å². The highest BCUT2D eigenvalue weighted by molar-refractivity contribution is 6.06. The molecule has 2 heterocycles. The Morgan fingerprint density at radius 2 is 1.83 bits per heavy atom. The standard InChI is InChI=1S/C17H15N3O3/c1-20(15-9-14-13(10-19-15)7-8-18-14)16(21)11-3-5-12(6-4-11)17(22)23-2/h3-10,18H,1-2H3. The molecule has 0 radical (unpaired) electrons. The lowest BCUT2D eigenvalue weighted by Gasteiger charge is -2.16. The van der Waals surface area contributed by atoms with Crippen molar-refractivity contribution in [3.05, 3.63) is 59.9 Å². The zero-order valence-electron chi connectivity index (χ0n) is 12.7. The number of anilines is 1. The number of H-pyrrole nitrogens is 1. The number of esters is 1. The first-order valence-electron chi connectivity index (χ1n) is 6.99. The number of benzene rings is 1.